The van der Waals surface area contributed by atoms with Gasteiger partial charge in [-0.1, -0.05) is 65.7 Å². The molecule has 0 aliphatic carbocycles. The van der Waals surface area contributed by atoms with Gasteiger partial charge in [-0.2, -0.15) is 0 Å². The number of nitrogens with zero attached hydrogens (tertiary/aromatic N) is 1. The van der Waals surface area contributed by atoms with Crippen molar-refractivity contribution in [2.75, 3.05) is 0 Å². The second-order valence-electron chi connectivity index (χ2n) is 7.32. The first-order valence-corrected chi connectivity index (χ1v) is 11.9. The Morgan fingerprint density at radius 2 is 1.81 bits per heavy atom. The Labute approximate surface area is 204 Å². The maximum Gasteiger partial charge on any atom is 0.293 e. The molecular formula is C25H19BrClNO3S. The van der Waals surface area contributed by atoms with Crippen molar-refractivity contribution in [1.29, 1.82) is 0 Å². The lowest BCUT2D eigenvalue weighted by molar-refractivity contribution is -0.123. The van der Waals surface area contributed by atoms with Crippen molar-refractivity contribution < 1.29 is 14.3 Å². The van der Waals surface area contributed by atoms with Gasteiger partial charge < -0.3 is 4.74 Å². The largest absolute Gasteiger partial charge is 0.488 e. The highest BCUT2D eigenvalue weighted by molar-refractivity contribution is 9.10. The highest BCUT2D eigenvalue weighted by atomic mass is 79.9. The number of benzene rings is 3. The van der Waals surface area contributed by atoms with Crippen molar-refractivity contribution in [2.45, 2.75) is 20.1 Å². The summed E-state index contributed by atoms with van der Waals surface area (Å²) in [6.45, 7) is 2.61. The number of thioether (sulfide) groups is 1. The molecule has 1 aliphatic rings. The maximum atomic E-state index is 12.8. The van der Waals surface area contributed by atoms with E-state index in [9.17, 15) is 9.59 Å². The van der Waals surface area contributed by atoms with E-state index in [0.29, 0.717) is 22.3 Å². The van der Waals surface area contributed by atoms with Gasteiger partial charge in [-0.3, -0.25) is 14.5 Å². The van der Waals surface area contributed by atoms with E-state index in [1.165, 1.54) is 4.90 Å². The third-order valence-electron chi connectivity index (χ3n) is 4.93. The van der Waals surface area contributed by atoms with E-state index < -0.39 is 0 Å². The quantitative estimate of drug-likeness (QED) is 0.317. The summed E-state index contributed by atoms with van der Waals surface area (Å²) in [7, 11) is 0. The minimum Gasteiger partial charge on any atom is -0.488 e. The molecule has 4 nitrogen and oxygen atoms in total. The monoisotopic (exact) mass is 527 g/mol. The summed E-state index contributed by atoms with van der Waals surface area (Å²) in [6.07, 6.45) is 1.72. The standard InChI is InChI=1S/C25H19BrClNO3S/c1-16-6-8-17(9-7-16)14-28-24(29)23(32-25(28)30)13-18-10-11-22(20(26)12-18)31-15-19-4-2-3-5-21(19)27/h2-13H,14-15H2,1H3/b23-13-. The molecule has 4 rings (SSSR count). The van der Waals surface area contributed by atoms with Gasteiger partial charge in [0.2, 0.25) is 0 Å². The Kier molecular flexibility index (Phi) is 7.04. The Morgan fingerprint density at radius 1 is 1.06 bits per heavy atom. The molecule has 1 saturated heterocycles. The molecule has 3 aromatic carbocycles. The van der Waals surface area contributed by atoms with Crippen LogP contribution in [0.2, 0.25) is 5.02 Å². The van der Waals surface area contributed by atoms with E-state index in [-0.39, 0.29) is 17.7 Å². The normalized spacial score (nSPS) is 15.0. The van der Waals surface area contributed by atoms with Gasteiger partial charge >= 0.3 is 0 Å². The molecule has 32 heavy (non-hydrogen) atoms. The minimum absolute atomic E-state index is 0.263. The van der Waals surface area contributed by atoms with Crippen LogP contribution in [0.1, 0.15) is 22.3 Å². The number of amides is 2. The first kappa shape index (κ1) is 22.6. The average molecular weight is 529 g/mol. The zero-order valence-electron chi connectivity index (χ0n) is 17.2. The van der Waals surface area contributed by atoms with Gasteiger partial charge in [-0.05, 0) is 70.0 Å². The zero-order chi connectivity index (χ0) is 22.7. The molecule has 0 atom stereocenters. The third kappa shape index (κ3) is 5.26. The molecule has 162 valence electrons. The number of ether oxygens (including phenoxy) is 1. The lowest BCUT2D eigenvalue weighted by Gasteiger charge is -2.12. The van der Waals surface area contributed by atoms with E-state index in [1.807, 2.05) is 73.7 Å². The van der Waals surface area contributed by atoms with E-state index in [2.05, 4.69) is 15.9 Å². The van der Waals surface area contributed by atoms with Gasteiger partial charge in [0.15, 0.2) is 0 Å². The van der Waals surface area contributed by atoms with E-state index in [0.717, 1.165) is 38.5 Å². The molecule has 0 bridgehead atoms. The van der Waals surface area contributed by atoms with Crippen LogP contribution in [-0.2, 0) is 17.9 Å². The molecule has 0 N–H and O–H groups in total. The summed E-state index contributed by atoms with van der Waals surface area (Å²) in [5.41, 5.74) is 3.74. The molecule has 0 aromatic heterocycles. The SMILES string of the molecule is Cc1ccc(CN2C(=O)S/C(=C\c3ccc(OCc4ccccc4Cl)c(Br)c3)C2=O)cc1. The van der Waals surface area contributed by atoms with Gasteiger partial charge in [-0.25, -0.2) is 0 Å². The van der Waals surface area contributed by atoms with Crippen molar-refractivity contribution >= 4 is 56.5 Å². The highest BCUT2D eigenvalue weighted by Crippen LogP contribution is 2.35. The van der Waals surface area contributed by atoms with Crippen LogP contribution < -0.4 is 4.74 Å². The van der Waals surface area contributed by atoms with Gasteiger partial charge in [0, 0.05) is 10.6 Å². The number of rotatable bonds is 6. The molecule has 1 fully saturated rings. The van der Waals surface area contributed by atoms with E-state index in [1.54, 1.807) is 6.08 Å². The van der Waals surface area contributed by atoms with Crippen molar-refractivity contribution in [2.24, 2.45) is 0 Å². The molecule has 3 aromatic rings. The lowest BCUT2D eigenvalue weighted by Crippen LogP contribution is -2.27. The van der Waals surface area contributed by atoms with Gasteiger partial charge in [0.25, 0.3) is 11.1 Å². The van der Waals surface area contributed by atoms with Crippen LogP contribution in [0.5, 0.6) is 5.75 Å². The molecule has 0 saturated carbocycles. The van der Waals surface area contributed by atoms with E-state index >= 15 is 0 Å². The third-order valence-corrected chi connectivity index (χ3v) is 6.83. The maximum absolute atomic E-state index is 12.8. The second-order valence-corrected chi connectivity index (χ2v) is 9.58. The Bertz CT molecular complexity index is 1210. The topological polar surface area (TPSA) is 46.6 Å². The zero-order valence-corrected chi connectivity index (χ0v) is 20.3. The number of carbonyl (C=O) groups is 2. The van der Waals surface area contributed by atoms with Crippen molar-refractivity contribution in [3.63, 3.8) is 0 Å². The predicted octanol–water partition coefficient (Wildman–Crippen LogP) is 7.23. The number of aryl methyl sites for hydroxylation is 1. The molecular weight excluding hydrogens is 510 g/mol. The number of hydrogen-bond acceptors (Lipinski definition) is 4. The summed E-state index contributed by atoms with van der Waals surface area (Å²) in [6, 6.07) is 20.9. The fraction of sp³-hybridized carbons (Fsp3) is 0.120. The van der Waals surface area contributed by atoms with Crippen LogP contribution in [0.3, 0.4) is 0 Å². The van der Waals surface area contributed by atoms with Crippen LogP contribution in [0.15, 0.2) is 76.1 Å². The lowest BCUT2D eigenvalue weighted by atomic mass is 10.1. The van der Waals surface area contributed by atoms with Crippen molar-refractivity contribution in [1.82, 2.24) is 4.90 Å². The number of imide groups is 1. The Balaban J connectivity index is 1.45. The number of hydrogen-bond donors (Lipinski definition) is 0. The first-order valence-electron chi connectivity index (χ1n) is 9.87. The first-order chi connectivity index (χ1) is 15.4. The highest BCUT2D eigenvalue weighted by Gasteiger charge is 2.34. The average Bonchev–Trinajstić information content (AvgIpc) is 3.03. The molecule has 0 radical (unpaired) electrons. The number of carbonyl (C=O) groups excluding carboxylic acids is 2. The fourth-order valence-electron chi connectivity index (χ4n) is 3.16. The summed E-state index contributed by atoms with van der Waals surface area (Å²) < 4.78 is 6.62. The Morgan fingerprint density at radius 3 is 2.53 bits per heavy atom. The van der Waals surface area contributed by atoms with Crippen molar-refractivity contribution in [3.05, 3.63) is 103 Å². The van der Waals surface area contributed by atoms with Crippen molar-refractivity contribution in [3.8, 4) is 5.75 Å². The number of halogens is 2. The van der Waals surface area contributed by atoms with Crippen LogP contribution >= 0.6 is 39.3 Å². The second kappa shape index (κ2) is 9.94. The summed E-state index contributed by atoms with van der Waals surface area (Å²) >= 11 is 10.7. The summed E-state index contributed by atoms with van der Waals surface area (Å²) in [4.78, 5) is 26.9. The van der Waals surface area contributed by atoms with Crippen LogP contribution in [0, 0.1) is 6.92 Å². The molecule has 1 aliphatic heterocycles. The molecule has 1 heterocycles. The molecule has 2 amide bonds. The summed E-state index contributed by atoms with van der Waals surface area (Å²) in [5, 5.41) is 0.391. The van der Waals surface area contributed by atoms with Gasteiger partial charge in [0.1, 0.15) is 12.4 Å². The van der Waals surface area contributed by atoms with Crippen LogP contribution in [0.25, 0.3) is 6.08 Å². The molecule has 0 unspecified atom stereocenters. The Hall–Kier alpha value is -2.54. The van der Waals surface area contributed by atoms with Gasteiger partial charge in [-0.15, -0.1) is 0 Å². The minimum atomic E-state index is -0.282. The summed E-state index contributed by atoms with van der Waals surface area (Å²) in [5.74, 6) is 0.380. The van der Waals surface area contributed by atoms with Crippen LogP contribution in [0.4, 0.5) is 4.79 Å². The molecule has 0 spiro atoms. The predicted molar refractivity (Wildman–Crippen MR) is 133 cm³/mol. The van der Waals surface area contributed by atoms with Crippen LogP contribution in [-0.4, -0.2) is 16.0 Å². The van der Waals surface area contributed by atoms with Gasteiger partial charge in [0.05, 0.1) is 15.9 Å². The smallest absolute Gasteiger partial charge is 0.293 e. The van der Waals surface area contributed by atoms with E-state index in [4.69, 9.17) is 16.3 Å². The molecule has 7 heteroatoms. The fourth-order valence-corrected chi connectivity index (χ4v) is 4.70.